The van der Waals surface area contributed by atoms with E-state index in [4.69, 9.17) is 27.9 Å². The minimum absolute atomic E-state index is 0.0413. The highest BCUT2D eigenvalue weighted by Crippen LogP contribution is 2.34. The third-order valence-electron chi connectivity index (χ3n) is 3.69. The molecule has 6 heteroatoms. The Morgan fingerprint density at radius 3 is 2.62 bits per heavy atom. The van der Waals surface area contributed by atoms with Crippen molar-refractivity contribution in [3.05, 3.63) is 57.6 Å². The number of rotatable bonds is 2. The Bertz CT molecular complexity index is 846. The zero-order chi connectivity index (χ0) is 17.5. The number of carbonyl (C=O) groups excluding carboxylic acids is 2. The summed E-state index contributed by atoms with van der Waals surface area (Å²) in [5.74, 6) is 0.0948. The Kier molecular flexibility index (Phi) is 4.28. The predicted molar refractivity (Wildman–Crippen MR) is 94.5 cm³/mol. The van der Waals surface area contributed by atoms with Crippen LogP contribution in [0.2, 0.25) is 10.0 Å². The number of benzene rings is 2. The number of anilines is 1. The van der Waals surface area contributed by atoms with E-state index in [1.54, 1.807) is 36.4 Å². The summed E-state index contributed by atoms with van der Waals surface area (Å²) in [5.41, 5.74) is 0.693. The second-order valence-electron chi connectivity index (χ2n) is 6.25. The zero-order valence-electron chi connectivity index (χ0n) is 13.2. The van der Waals surface area contributed by atoms with Crippen LogP contribution < -0.4 is 10.1 Å². The molecule has 0 atom stereocenters. The molecule has 1 aliphatic rings. The number of fused-ring (bicyclic) bond motifs is 1. The van der Waals surface area contributed by atoms with Gasteiger partial charge >= 0.3 is 0 Å². The summed E-state index contributed by atoms with van der Waals surface area (Å²) < 4.78 is 5.79. The SMILES string of the molecule is CC1(C)CC(=O)c2cc(C(=O)Nc3ccc(Cl)cc3Cl)ccc2O1. The maximum Gasteiger partial charge on any atom is 0.255 e. The van der Waals surface area contributed by atoms with E-state index in [0.717, 1.165) is 0 Å². The van der Waals surface area contributed by atoms with E-state index in [1.807, 2.05) is 13.8 Å². The molecule has 0 aromatic heterocycles. The second kappa shape index (κ2) is 6.11. The van der Waals surface area contributed by atoms with Crippen LogP contribution in [0.25, 0.3) is 0 Å². The van der Waals surface area contributed by atoms with Gasteiger partial charge in [0.25, 0.3) is 5.91 Å². The molecule has 124 valence electrons. The first-order valence-corrected chi connectivity index (χ1v) is 8.13. The van der Waals surface area contributed by atoms with Crippen molar-refractivity contribution in [3.63, 3.8) is 0 Å². The van der Waals surface area contributed by atoms with Gasteiger partial charge in [0.1, 0.15) is 11.4 Å². The van der Waals surface area contributed by atoms with E-state index >= 15 is 0 Å². The number of carbonyl (C=O) groups is 2. The maximum absolute atomic E-state index is 12.4. The van der Waals surface area contributed by atoms with E-state index in [9.17, 15) is 9.59 Å². The molecule has 0 aliphatic carbocycles. The van der Waals surface area contributed by atoms with E-state index in [0.29, 0.717) is 32.6 Å². The third kappa shape index (κ3) is 3.40. The van der Waals surface area contributed by atoms with Gasteiger partial charge in [-0.05, 0) is 50.2 Å². The summed E-state index contributed by atoms with van der Waals surface area (Å²) in [5, 5.41) is 3.54. The molecule has 0 fully saturated rings. The van der Waals surface area contributed by atoms with E-state index < -0.39 is 5.60 Å². The molecule has 0 radical (unpaired) electrons. The summed E-state index contributed by atoms with van der Waals surface area (Å²) in [7, 11) is 0. The first-order valence-electron chi connectivity index (χ1n) is 7.38. The number of amides is 1. The van der Waals surface area contributed by atoms with Crippen molar-refractivity contribution < 1.29 is 14.3 Å². The lowest BCUT2D eigenvalue weighted by atomic mass is 9.92. The maximum atomic E-state index is 12.4. The third-order valence-corrected chi connectivity index (χ3v) is 4.24. The van der Waals surface area contributed by atoms with Crippen molar-refractivity contribution in [2.24, 2.45) is 0 Å². The Morgan fingerprint density at radius 1 is 1.17 bits per heavy atom. The lowest BCUT2D eigenvalue weighted by molar-refractivity contribution is 0.0620. The number of Topliss-reactive ketones (excluding diaryl/α,β-unsaturated/α-hetero) is 1. The van der Waals surface area contributed by atoms with Crippen molar-refractivity contribution in [1.29, 1.82) is 0 Å². The quantitative estimate of drug-likeness (QED) is 0.817. The zero-order valence-corrected chi connectivity index (χ0v) is 14.7. The minimum Gasteiger partial charge on any atom is -0.487 e. The highest BCUT2D eigenvalue weighted by atomic mass is 35.5. The van der Waals surface area contributed by atoms with Gasteiger partial charge in [-0.25, -0.2) is 0 Å². The summed E-state index contributed by atoms with van der Waals surface area (Å²) in [4.78, 5) is 24.7. The van der Waals surface area contributed by atoms with Crippen LogP contribution in [0, 0.1) is 0 Å². The van der Waals surface area contributed by atoms with E-state index in [2.05, 4.69) is 5.32 Å². The number of halogens is 2. The molecule has 1 heterocycles. The predicted octanol–water partition coefficient (Wildman–Crippen LogP) is 4.99. The van der Waals surface area contributed by atoms with Crippen molar-refractivity contribution in [2.75, 3.05) is 5.32 Å². The summed E-state index contributed by atoms with van der Waals surface area (Å²) in [6.07, 6.45) is 0.272. The topological polar surface area (TPSA) is 55.4 Å². The Balaban J connectivity index is 1.87. The van der Waals surface area contributed by atoms with Crippen LogP contribution in [0.5, 0.6) is 5.75 Å². The average molecular weight is 364 g/mol. The lowest BCUT2D eigenvalue weighted by Crippen LogP contribution is -2.36. The van der Waals surface area contributed by atoms with Crippen molar-refractivity contribution in [1.82, 2.24) is 0 Å². The largest absolute Gasteiger partial charge is 0.487 e. The fourth-order valence-corrected chi connectivity index (χ4v) is 3.03. The first-order chi connectivity index (χ1) is 11.2. The van der Waals surface area contributed by atoms with Crippen molar-refractivity contribution in [2.45, 2.75) is 25.9 Å². The van der Waals surface area contributed by atoms with Crippen LogP contribution >= 0.6 is 23.2 Å². The van der Waals surface area contributed by atoms with Crippen LogP contribution in [0.3, 0.4) is 0 Å². The monoisotopic (exact) mass is 363 g/mol. The number of nitrogens with one attached hydrogen (secondary N) is 1. The molecule has 1 aliphatic heterocycles. The van der Waals surface area contributed by atoms with Gasteiger partial charge in [0.2, 0.25) is 0 Å². The molecule has 3 rings (SSSR count). The van der Waals surface area contributed by atoms with Gasteiger partial charge in [0.05, 0.1) is 22.7 Å². The molecule has 1 amide bonds. The molecule has 4 nitrogen and oxygen atoms in total. The first kappa shape index (κ1) is 16.8. The van der Waals surface area contributed by atoms with Gasteiger partial charge in [0.15, 0.2) is 5.78 Å². The van der Waals surface area contributed by atoms with Crippen molar-refractivity contribution >= 4 is 40.6 Å². The molecule has 0 saturated carbocycles. The normalized spacial score (nSPS) is 15.4. The van der Waals surface area contributed by atoms with Crippen LogP contribution in [0.1, 0.15) is 41.0 Å². The summed E-state index contributed by atoms with van der Waals surface area (Å²) >= 11 is 11.9. The molecule has 0 unspecified atom stereocenters. The van der Waals surface area contributed by atoms with Gasteiger partial charge in [-0.2, -0.15) is 0 Å². The molecular weight excluding hydrogens is 349 g/mol. The van der Waals surface area contributed by atoms with Crippen LogP contribution in [-0.4, -0.2) is 17.3 Å². The highest BCUT2D eigenvalue weighted by molar-refractivity contribution is 6.36. The van der Waals surface area contributed by atoms with Gasteiger partial charge in [0, 0.05) is 10.6 Å². The van der Waals surface area contributed by atoms with Crippen LogP contribution in [-0.2, 0) is 0 Å². The molecule has 1 N–H and O–H groups in total. The average Bonchev–Trinajstić information content (AvgIpc) is 2.48. The van der Waals surface area contributed by atoms with E-state index in [-0.39, 0.29) is 18.1 Å². The fraction of sp³-hybridized carbons (Fsp3) is 0.222. The molecule has 0 bridgehead atoms. The molecule has 2 aromatic carbocycles. The van der Waals surface area contributed by atoms with E-state index in [1.165, 1.54) is 0 Å². The number of hydrogen-bond acceptors (Lipinski definition) is 3. The number of ether oxygens (including phenoxy) is 1. The number of ketones is 1. The van der Waals surface area contributed by atoms with Crippen LogP contribution in [0.15, 0.2) is 36.4 Å². The minimum atomic E-state index is -0.537. The molecule has 0 saturated heterocycles. The van der Waals surface area contributed by atoms with Crippen LogP contribution in [0.4, 0.5) is 5.69 Å². The summed E-state index contributed by atoms with van der Waals surface area (Å²) in [6, 6.07) is 9.61. The van der Waals surface area contributed by atoms with Crippen molar-refractivity contribution in [3.8, 4) is 5.75 Å². The molecule has 2 aromatic rings. The Hall–Kier alpha value is -2.04. The standard InChI is InChI=1S/C18H15Cl2NO3/c1-18(2)9-15(22)12-7-10(3-6-16(12)24-18)17(23)21-14-5-4-11(19)8-13(14)20/h3-8H,9H2,1-2H3,(H,21,23). The lowest BCUT2D eigenvalue weighted by Gasteiger charge is -2.31. The summed E-state index contributed by atoms with van der Waals surface area (Å²) in [6.45, 7) is 3.72. The van der Waals surface area contributed by atoms with Gasteiger partial charge < -0.3 is 10.1 Å². The Labute approximate surface area is 149 Å². The molecule has 0 spiro atoms. The fourth-order valence-electron chi connectivity index (χ4n) is 2.58. The molecular formula is C18H15Cl2NO3. The van der Waals surface area contributed by atoms with Gasteiger partial charge in [-0.1, -0.05) is 23.2 Å². The van der Waals surface area contributed by atoms with Gasteiger partial charge in [-0.3, -0.25) is 9.59 Å². The second-order valence-corrected chi connectivity index (χ2v) is 7.09. The smallest absolute Gasteiger partial charge is 0.255 e. The Morgan fingerprint density at radius 2 is 1.92 bits per heavy atom. The molecule has 24 heavy (non-hydrogen) atoms. The highest BCUT2D eigenvalue weighted by Gasteiger charge is 2.32. The number of hydrogen-bond donors (Lipinski definition) is 1. The van der Waals surface area contributed by atoms with Gasteiger partial charge in [-0.15, -0.1) is 0 Å².